The molecule has 5 aliphatic rings. The Morgan fingerprint density at radius 2 is 1.28 bits per heavy atom. The van der Waals surface area contributed by atoms with Crippen molar-refractivity contribution < 1.29 is 23.5 Å². The molecule has 392 valence electrons. The molecule has 2 atom stereocenters. The van der Waals surface area contributed by atoms with E-state index in [-0.39, 0.29) is 29.1 Å². The summed E-state index contributed by atoms with van der Waals surface area (Å²) in [7, 11) is 9.38. The number of halogens is 1. The molecule has 4 aliphatic carbocycles. The van der Waals surface area contributed by atoms with Crippen molar-refractivity contribution in [1.82, 2.24) is 14.3 Å². The fraction of sp³-hybridized carbons (Fsp3) is 0.704. The zero-order valence-electron chi connectivity index (χ0n) is 43.1. The highest BCUT2D eigenvalue weighted by Crippen LogP contribution is 2.40. The van der Waals surface area contributed by atoms with E-state index in [1.165, 1.54) is 88.6 Å². The van der Waals surface area contributed by atoms with E-state index in [4.69, 9.17) is 9.47 Å². The van der Waals surface area contributed by atoms with Crippen LogP contribution in [0.15, 0.2) is 34.1 Å². The number of likely N-dealkylation sites (N-methyl/N-ethyl adjacent to an activating group) is 1. The van der Waals surface area contributed by atoms with Gasteiger partial charge in [-0.15, -0.1) is 0 Å². The Balaban J connectivity index is 0.000000233. The van der Waals surface area contributed by atoms with Crippen LogP contribution in [-0.4, -0.2) is 110 Å². The van der Waals surface area contributed by atoms with Gasteiger partial charge in [0.2, 0.25) is 0 Å². The minimum Gasteiger partial charge on any atom is -0.378 e. The lowest BCUT2D eigenvalue weighted by Crippen LogP contribution is -2.47. The molecule has 2 aromatic rings. The third-order valence-corrected chi connectivity index (χ3v) is 19.6. The number of ether oxygens (including phenoxy) is 2. The molecule has 0 saturated heterocycles. The molecular weight excluding hydrogens is 972 g/mol. The first-order valence-electron chi connectivity index (χ1n) is 26.4. The van der Waals surface area contributed by atoms with E-state index in [1.54, 1.807) is 20.3 Å². The van der Waals surface area contributed by atoms with E-state index in [0.29, 0.717) is 34.6 Å². The molecular formula is C54H81FN8O4S4. The van der Waals surface area contributed by atoms with E-state index >= 15 is 4.39 Å². The number of methoxy groups -OCH3 is 2. The Morgan fingerprint density at radius 3 is 1.82 bits per heavy atom. The first-order chi connectivity index (χ1) is 34.4. The first kappa shape index (κ1) is 57.3. The molecule has 1 heterocycles. The van der Waals surface area contributed by atoms with Crippen LogP contribution in [0, 0.1) is 28.5 Å². The molecule has 0 aromatic heterocycles. The summed E-state index contributed by atoms with van der Waals surface area (Å²) >= 11 is 6.45. The van der Waals surface area contributed by atoms with Gasteiger partial charge in [0.15, 0.2) is 0 Å². The van der Waals surface area contributed by atoms with Gasteiger partial charge in [-0.25, -0.2) is 4.39 Å². The molecule has 4 N–H and O–H groups in total. The predicted octanol–water partition coefficient (Wildman–Crippen LogP) is 12.1. The lowest BCUT2D eigenvalue weighted by atomic mass is 9.84. The van der Waals surface area contributed by atoms with Crippen molar-refractivity contribution in [1.29, 1.82) is 10.5 Å². The molecule has 1 aliphatic heterocycles. The van der Waals surface area contributed by atoms with Gasteiger partial charge in [0, 0.05) is 65.9 Å². The van der Waals surface area contributed by atoms with Crippen molar-refractivity contribution in [3.8, 4) is 12.1 Å². The number of nitrogens with zero attached hydrogens (tertiary/aromatic N) is 4. The Bertz CT molecular complexity index is 2100. The number of hydrogen-bond donors (Lipinski definition) is 4. The molecule has 2 aromatic carbocycles. The topological polar surface area (TPSA) is 155 Å². The SMILES string of the molecule is COC1(C(=O)NSc2cc(C#N)c3c(c2)N(C)CC(CCSC2CCCCC2)N3)CCCCC1.COC1(C(=O)NSc2cc(F)c(NC(CCN(C)C)CSC3CCCCCC3)c(C#N)c2)CCCCC1. The van der Waals surface area contributed by atoms with E-state index in [2.05, 4.69) is 66.9 Å². The lowest BCUT2D eigenvalue weighted by Gasteiger charge is -2.36. The Labute approximate surface area is 442 Å². The highest BCUT2D eigenvalue weighted by atomic mass is 32.2. The maximum absolute atomic E-state index is 15.3. The maximum Gasteiger partial charge on any atom is 0.262 e. The van der Waals surface area contributed by atoms with Crippen molar-refractivity contribution in [2.75, 3.05) is 75.5 Å². The number of benzene rings is 2. The van der Waals surface area contributed by atoms with Crippen LogP contribution >= 0.6 is 47.4 Å². The standard InChI is InChI=1S/C28H43FN4O2S2.C26H38N4O2S2/c1-33(2)16-13-22(20-36-23-11-7-4-5-8-12-23)31-26-21(19-30)17-24(18-25(26)29)37-32-27(34)28(35-3)14-9-6-10-15-28;1-30-18-20(11-14-33-21-9-5-3-6-10-21)28-24-19(17-27)15-22(16-23(24)30)34-29-25(31)26(32-2)12-7-4-8-13-26/h17-18,22-23,31H,4-16,20H2,1-3H3,(H,32,34);15-16,20-21,28H,3-14,18H2,1-2H3,(H,29,31). The Morgan fingerprint density at radius 1 is 0.775 bits per heavy atom. The number of anilines is 3. The van der Waals surface area contributed by atoms with Gasteiger partial charge in [-0.05, 0) is 139 Å². The summed E-state index contributed by atoms with van der Waals surface area (Å²) in [5.41, 5.74) is 1.53. The zero-order valence-corrected chi connectivity index (χ0v) is 46.4. The second-order valence-electron chi connectivity index (χ2n) is 20.5. The van der Waals surface area contributed by atoms with Gasteiger partial charge in [0.1, 0.15) is 29.2 Å². The van der Waals surface area contributed by atoms with Crippen LogP contribution in [0.1, 0.15) is 159 Å². The number of nitriles is 2. The normalized spacial score (nSPS) is 20.7. The number of rotatable bonds is 20. The highest BCUT2D eigenvalue weighted by Gasteiger charge is 2.41. The smallest absolute Gasteiger partial charge is 0.262 e. The van der Waals surface area contributed by atoms with Gasteiger partial charge in [0.05, 0.1) is 28.2 Å². The van der Waals surface area contributed by atoms with Crippen molar-refractivity contribution in [3.63, 3.8) is 0 Å². The highest BCUT2D eigenvalue weighted by molar-refractivity contribution is 8.00. The van der Waals surface area contributed by atoms with Crippen LogP contribution in [0.5, 0.6) is 0 Å². The van der Waals surface area contributed by atoms with E-state index in [0.717, 1.165) is 122 Å². The van der Waals surface area contributed by atoms with Crippen LogP contribution in [0.25, 0.3) is 0 Å². The van der Waals surface area contributed by atoms with Crippen molar-refractivity contribution in [3.05, 3.63) is 41.2 Å². The first-order valence-corrected chi connectivity index (χ1v) is 30.1. The summed E-state index contributed by atoms with van der Waals surface area (Å²) in [6.07, 6.45) is 25.7. The zero-order chi connectivity index (χ0) is 50.6. The third kappa shape index (κ3) is 16.7. The summed E-state index contributed by atoms with van der Waals surface area (Å²) in [6.45, 7) is 1.80. The van der Waals surface area contributed by atoms with E-state index in [1.807, 2.05) is 31.9 Å². The fourth-order valence-corrected chi connectivity index (χ4v) is 15.0. The molecule has 0 spiro atoms. The van der Waals surface area contributed by atoms with Gasteiger partial charge >= 0.3 is 0 Å². The molecule has 4 saturated carbocycles. The van der Waals surface area contributed by atoms with Gasteiger partial charge < -0.3 is 29.9 Å². The van der Waals surface area contributed by atoms with Crippen LogP contribution in [-0.2, 0) is 19.1 Å². The molecule has 71 heavy (non-hydrogen) atoms. The second kappa shape index (κ2) is 29.2. The molecule has 2 amide bonds. The van der Waals surface area contributed by atoms with Crippen molar-refractivity contribution in [2.24, 2.45) is 0 Å². The molecule has 4 fully saturated rings. The molecule has 12 nitrogen and oxygen atoms in total. The average molecular weight is 1050 g/mol. The molecule has 2 unspecified atom stereocenters. The summed E-state index contributed by atoms with van der Waals surface area (Å²) in [4.78, 5) is 31.6. The van der Waals surface area contributed by atoms with Crippen molar-refractivity contribution >= 4 is 76.3 Å². The summed E-state index contributed by atoms with van der Waals surface area (Å²) < 4.78 is 32.5. The predicted molar refractivity (Wildman–Crippen MR) is 295 cm³/mol. The number of amides is 2. The van der Waals surface area contributed by atoms with Crippen LogP contribution in [0.4, 0.5) is 21.5 Å². The Kier molecular flexibility index (Phi) is 23.5. The number of hydrogen-bond acceptors (Lipinski definition) is 14. The maximum atomic E-state index is 15.3. The third-order valence-electron chi connectivity index (χ3n) is 15.1. The van der Waals surface area contributed by atoms with Gasteiger partial charge in [-0.2, -0.15) is 34.0 Å². The van der Waals surface area contributed by atoms with Gasteiger partial charge in [-0.3, -0.25) is 19.0 Å². The number of carbonyl (C=O) groups is 2. The number of thioether (sulfide) groups is 2. The van der Waals surface area contributed by atoms with E-state index in [9.17, 15) is 20.1 Å². The largest absolute Gasteiger partial charge is 0.378 e. The summed E-state index contributed by atoms with van der Waals surface area (Å²) in [5.74, 6) is 1.31. The quantitative estimate of drug-likeness (QED) is 0.0734. The molecule has 7 rings (SSSR count). The van der Waals surface area contributed by atoms with Crippen LogP contribution in [0.3, 0.4) is 0 Å². The molecule has 17 heteroatoms. The molecule has 0 bridgehead atoms. The van der Waals surface area contributed by atoms with Gasteiger partial charge in [-0.1, -0.05) is 83.5 Å². The number of fused-ring (bicyclic) bond motifs is 1. The van der Waals surface area contributed by atoms with Crippen LogP contribution in [0.2, 0.25) is 0 Å². The summed E-state index contributed by atoms with van der Waals surface area (Å²) in [5, 5.41) is 28.2. The van der Waals surface area contributed by atoms with E-state index < -0.39 is 17.0 Å². The minimum absolute atomic E-state index is 0.0586. The monoisotopic (exact) mass is 1050 g/mol. The lowest BCUT2D eigenvalue weighted by molar-refractivity contribution is -0.145. The fourth-order valence-electron chi connectivity index (χ4n) is 10.7. The number of nitrogens with one attached hydrogen (secondary N) is 4. The second-order valence-corrected chi connectivity index (χ2v) is 25.0. The minimum atomic E-state index is -0.821. The number of carbonyl (C=O) groups excluding carboxylic acids is 2. The van der Waals surface area contributed by atoms with Crippen molar-refractivity contribution in [2.45, 2.75) is 191 Å². The van der Waals surface area contributed by atoms with Gasteiger partial charge in [0.25, 0.3) is 11.8 Å². The van der Waals surface area contributed by atoms with Crippen LogP contribution < -0.4 is 25.0 Å². The Hall–Kier alpha value is -3.03. The summed E-state index contributed by atoms with van der Waals surface area (Å²) in [6, 6.07) is 11.9. The molecule has 0 radical (unpaired) electrons. The average Bonchev–Trinajstić information content (AvgIpc) is 3.68.